The molecule has 3 aromatic rings. The smallest absolute Gasteiger partial charge is 0.410 e. The van der Waals surface area contributed by atoms with E-state index in [1.807, 2.05) is 56.6 Å². The van der Waals surface area contributed by atoms with Gasteiger partial charge in [0.05, 0.1) is 11.4 Å². The average molecular weight is 409 g/mol. The van der Waals surface area contributed by atoms with Crippen LogP contribution in [0.5, 0.6) is 0 Å². The van der Waals surface area contributed by atoms with E-state index in [1.54, 1.807) is 4.90 Å². The summed E-state index contributed by atoms with van der Waals surface area (Å²) in [5.74, 6) is 0.404. The lowest BCUT2D eigenvalue weighted by molar-refractivity contribution is 0.0169. The molecule has 1 atom stereocenters. The van der Waals surface area contributed by atoms with Crippen LogP contribution in [0.25, 0.3) is 22.3 Å². The minimum atomic E-state index is -0.525. The third kappa shape index (κ3) is 3.94. The van der Waals surface area contributed by atoms with Crippen LogP contribution in [-0.4, -0.2) is 49.4 Å². The van der Waals surface area contributed by atoms with Crippen molar-refractivity contribution >= 4 is 22.9 Å². The highest BCUT2D eigenvalue weighted by molar-refractivity contribution is 5.98. The zero-order valence-electron chi connectivity index (χ0n) is 17.9. The summed E-state index contributed by atoms with van der Waals surface area (Å²) in [7, 11) is 0. The number of amides is 1. The van der Waals surface area contributed by atoms with E-state index in [2.05, 4.69) is 9.97 Å². The molecule has 3 heterocycles. The summed E-state index contributed by atoms with van der Waals surface area (Å²) in [4.78, 5) is 23.0. The molecule has 0 radical (unpaired) electrons. The summed E-state index contributed by atoms with van der Waals surface area (Å²) in [6.45, 7) is 8.86. The largest absolute Gasteiger partial charge is 0.444 e. The minimum absolute atomic E-state index is 0.0118. The Morgan fingerprint density at radius 3 is 2.63 bits per heavy atom. The van der Waals surface area contributed by atoms with Crippen LogP contribution in [0, 0.1) is 6.92 Å². The number of fused-ring (bicyclic) bond motifs is 1. The SMILES string of the molecule is Cc1ccc(-c2nn([C@@H]3CCCN(C(=O)OC(C)(C)C)C3)c3ncnc(N)c23)cc1. The molecular weight excluding hydrogens is 380 g/mol. The van der Waals surface area contributed by atoms with Crippen LogP contribution in [0.1, 0.15) is 45.2 Å². The van der Waals surface area contributed by atoms with E-state index in [1.165, 1.54) is 11.9 Å². The second-order valence-electron chi connectivity index (χ2n) is 8.84. The molecule has 1 amide bonds. The van der Waals surface area contributed by atoms with E-state index in [0.717, 1.165) is 29.5 Å². The zero-order chi connectivity index (χ0) is 21.5. The summed E-state index contributed by atoms with van der Waals surface area (Å²) in [6, 6.07) is 8.14. The summed E-state index contributed by atoms with van der Waals surface area (Å²) >= 11 is 0. The van der Waals surface area contributed by atoms with E-state index < -0.39 is 5.60 Å². The molecule has 0 aliphatic carbocycles. The first-order valence-electron chi connectivity index (χ1n) is 10.3. The number of carbonyl (C=O) groups is 1. The number of hydrogen-bond donors (Lipinski definition) is 1. The molecule has 4 rings (SSSR count). The number of aryl methyl sites for hydroxylation is 1. The van der Waals surface area contributed by atoms with Gasteiger partial charge in [-0.05, 0) is 40.5 Å². The Bertz CT molecular complexity index is 1070. The Kier molecular flexibility index (Phi) is 5.09. The van der Waals surface area contributed by atoms with Crippen LogP contribution in [0.4, 0.5) is 10.6 Å². The molecule has 2 aromatic heterocycles. The number of aromatic nitrogens is 4. The number of rotatable bonds is 2. The number of piperidine rings is 1. The fraction of sp³-hybridized carbons (Fsp3) is 0.455. The van der Waals surface area contributed by atoms with Gasteiger partial charge in [-0.1, -0.05) is 29.8 Å². The quantitative estimate of drug-likeness (QED) is 0.689. The van der Waals surface area contributed by atoms with Crippen molar-refractivity contribution in [2.75, 3.05) is 18.8 Å². The molecule has 1 aliphatic rings. The van der Waals surface area contributed by atoms with Crippen molar-refractivity contribution in [3.8, 4) is 11.3 Å². The van der Waals surface area contributed by atoms with Gasteiger partial charge in [-0.3, -0.25) is 0 Å². The Morgan fingerprint density at radius 1 is 1.20 bits per heavy atom. The van der Waals surface area contributed by atoms with Crippen LogP contribution >= 0.6 is 0 Å². The highest BCUT2D eigenvalue weighted by Crippen LogP contribution is 2.34. The summed E-state index contributed by atoms with van der Waals surface area (Å²) < 4.78 is 7.47. The van der Waals surface area contributed by atoms with Gasteiger partial charge >= 0.3 is 6.09 Å². The predicted molar refractivity (Wildman–Crippen MR) is 116 cm³/mol. The molecule has 0 spiro atoms. The number of nitrogens with zero attached hydrogens (tertiary/aromatic N) is 5. The standard InChI is InChI=1S/C22H28N6O2/c1-14-7-9-15(10-8-14)18-17-19(23)24-13-25-20(17)28(26-18)16-6-5-11-27(12-16)21(29)30-22(2,3)4/h7-10,13,16H,5-6,11-12H2,1-4H3,(H2,23,24,25)/t16-/m1/s1. The van der Waals surface area contributed by atoms with E-state index >= 15 is 0 Å². The van der Waals surface area contributed by atoms with E-state index in [-0.39, 0.29) is 12.1 Å². The molecular formula is C22H28N6O2. The molecule has 1 aromatic carbocycles. The number of carbonyl (C=O) groups excluding carboxylic acids is 1. The molecule has 1 fully saturated rings. The Balaban J connectivity index is 1.71. The Hall–Kier alpha value is -3.16. The fourth-order valence-electron chi connectivity index (χ4n) is 3.81. The lowest BCUT2D eigenvalue weighted by Crippen LogP contribution is -2.43. The first kappa shape index (κ1) is 20.1. The van der Waals surface area contributed by atoms with Crippen LogP contribution in [-0.2, 0) is 4.74 Å². The first-order valence-corrected chi connectivity index (χ1v) is 10.3. The number of anilines is 1. The van der Waals surface area contributed by atoms with Crippen molar-refractivity contribution in [2.45, 2.75) is 52.2 Å². The van der Waals surface area contributed by atoms with Crippen molar-refractivity contribution in [3.63, 3.8) is 0 Å². The number of likely N-dealkylation sites (tertiary alicyclic amines) is 1. The topological polar surface area (TPSA) is 99.2 Å². The van der Waals surface area contributed by atoms with E-state index in [0.29, 0.717) is 24.6 Å². The number of benzene rings is 1. The van der Waals surface area contributed by atoms with Gasteiger partial charge in [-0.2, -0.15) is 5.10 Å². The van der Waals surface area contributed by atoms with Crippen molar-refractivity contribution in [2.24, 2.45) is 0 Å². The Morgan fingerprint density at radius 2 is 1.93 bits per heavy atom. The highest BCUT2D eigenvalue weighted by Gasteiger charge is 2.31. The number of hydrogen-bond acceptors (Lipinski definition) is 6. The molecule has 0 unspecified atom stereocenters. The normalized spacial score (nSPS) is 17.3. The maximum atomic E-state index is 12.6. The predicted octanol–water partition coefficient (Wildman–Crippen LogP) is 3.96. The second kappa shape index (κ2) is 7.59. The van der Waals surface area contributed by atoms with Crippen molar-refractivity contribution in [1.29, 1.82) is 0 Å². The maximum Gasteiger partial charge on any atom is 0.410 e. The number of ether oxygens (including phenoxy) is 1. The third-order valence-corrected chi connectivity index (χ3v) is 5.24. The van der Waals surface area contributed by atoms with Gasteiger partial charge < -0.3 is 15.4 Å². The zero-order valence-corrected chi connectivity index (χ0v) is 17.9. The molecule has 8 heteroatoms. The molecule has 1 aliphatic heterocycles. The molecule has 30 heavy (non-hydrogen) atoms. The molecule has 0 bridgehead atoms. The van der Waals surface area contributed by atoms with E-state index in [4.69, 9.17) is 15.6 Å². The second-order valence-corrected chi connectivity index (χ2v) is 8.84. The molecule has 0 saturated carbocycles. The highest BCUT2D eigenvalue weighted by atomic mass is 16.6. The van der Waals surface area contributed by atoms with Crippen molar-refractivity contribution < 1.29 is 9.53 Å². The Labute approximate surface area is 176 Å². The maximum absolute atomic E-state index is 12.6. The van der Waals surface area contributed by atoms with Gasteiger partial charge in [0.15, 0.2) is 5.65 Å². The van der Waals surface area contributed by atoms with Gasteiger partial charge in [0.2, 0.25) is 0 Å². The lowest BCUT2D eigenvalue weighted by Gasteiger charge is -2.34. The summed E-state index contributed by atoms with van der Waals surface area (Å²) in [5.41, 5.74) is 9.29. The van der Waals surface area contributed by atoms with Crippen LogP contribution in [0.15, 0.2) is 30.6 Å². The molecule has 2 N–H and O–H groups in total. The van der Waals surface area contributed by atoms with Crippen LogP contribution in [0.2, 0.25) is 0 Å². The van der Waals surface area contributed by atoms with Gasteiger partial charge in [0, 0.05) is 18.7 Å². The first-order chi connectivity index (χ1) is 14.2. The fourth-order valence-corrected chi connectivity index (χ4v) is 3.81. The van der Waals surface area contributed by atoms with Gasteiger partial charge in [0.1, 0.15) is 23.4 Å². The van der Waals surface area contributed by atoms with Crippen molar-refractivity contribution in [1.82, 2.24) is 24.6 Å². The monoisotopic (exact) mass is 408 g/mol. The average Bonchev–Trinajstić information content (AvgIpc) is 3.08. The van der Waals surface area contributed by atoms with E-state index in [9.17, 15) is 4.79 Å². The van der Waals surface area contributed by atoms with Crippen LogP contribution in [0.3, 0.4) is 0 Å². The number of nitrogen functional groups attached to an aromatic ring is 1. The lowest BCUT2D eigenvalue weighted by atomic mass is 10.1. The number of nitrogens with two attached hydrogens (primary N) is 1. The minimum Gasteiger partial charge on any atom is -0.444 e. The molecule has 158 valence electrons. The molecule has 1 saturated heterocycles. The molecule has 8 nitrogen and oxygen atoms in total. The summed E-state index contributed by atoms with van der Waals surface area (Å²) in [5, 5.41) is 5.64. The summed E-state index contributed by atoms with van der Waals surface area (Å²) in [6.07, 6.45) is 2.93. The van der Waals surface area contributed by atoms with Gasteiger partial charge in [-0.15, -0.1) is 0 Å². The van der Waals surface area contributed by atoms with Crippen molar-refractivity contribution in [3.05, 3.63) is 36.2 Å². The third-order valence-electron chi connectivity index (χ3n) is 5.24. The van der Waals surface area contributed by atoms with Gasteiger partial charge in [-0.25, -0.2) is 19.4 Å². The van der Waals surface area contributed by atoms with Crippen LogP contribution < -0.4 is 5.73 Å². The van der Waals surface area contributed by atoms with Gasteiger partial charge in [0.25, 0.3) is 0 Å².